The molecule has 0 unspecified atom stereocenters. The monoisotopic (exact) mass is 334 g/mol. The Kier molecular flexibility index (Phi) is 8.63. The molecule has 1 aliphatic carbocycles. The maximum Gasteiger partial charge on any atom is 0.165 e. The molecule has 0 saturated heterocycles. The third-order valence-electron chi connectivity index (χ3n) is 5.45. The van der Waals surface area contributed by atoms with Crippen LogP contribution in [0.2, 0.25) is 0 Å². The molecule has 0 atom stereocenters. The van der Waals surface area contributed by atoms with Gasteiger partial charge >= 0.3 is 0 Å². The number of hydrogen-bond donors (Lipinski definition) is 0. The SMILES string of the molecule is CCCCCCC[C@H]1CC[C@H](c2ccc(OCCC)c(F)c2)CC1. The first-order valence-electron chi connectivity index (χ1n) is 10.2. The summed E-state index contributed by atoms with van der Waals surface area (Å²) in [5, 5.41) is 0. The molecule has 0 spiro atoms. The Bertz CT molecular complexity index is 463. The summed E-state index contributed by atoms with van der Waals surface area (Å²) in [4.78, 5) is 0. The van der Waals surface area contributed by atoms with Crippen molar-refractivity contribution in [2.45, 2.75) is 90.4 Å². The summed E-state index contributed by atoms with van der Waals surface area (Å²) < 4.78 is 19.6. The quantitative estimate of drug-likeness (QED) is 0.409. The van der Waals surface area contributed by atoms with Crippen molar-refractivity contribution < 1.29 is 9.13 Å². The van der Waals surface area contributed by atoms with Crippen LogP contribution in [0, 0.1) is 11.7 Å². The first-order valence-corrected chi connectivity index (χ1v) is 10.2. The van der Waals surface area contributed by atoms with Crippen molar-refractivity contribution in [1.29, 1.82) is 0 Å². The standard InChI is InChI=1S/C22H35FO/c1-3-5-6-7-8-9-18-10-12-19(13-11-18)20-14-15-22(21(23)17-20)24-16-4-2/h14-15,17-19H,3-13,16H2,1-2H3/t18-,19-. The number of hydrogen-bond acceptors (Lipinski definition) is 1. The lowest BCUT2D eigenvalue weighted by atomic mass is 9.77. The Morgan fingerprint density at radius 2 is 1.71 bits per heavy atom. The van der Waals surface area contributed by atoms with Crippen LogP contribution in [-0.4, -0.2) is 6.61 Å². The van der Waals surface area contributed by atoms with Crippen LogP contribution < -0.4 is 4.74 Å². The summed E-state index contributed by atoms with van der Waals surface area (Å²) in [6.45, 7) is 4.89. The Morgan fingerprint density at radius 1 is 0.958 bits per heavy atom. The van der Waals surface area contributed by atoms with Gasteiger partial charge in [0, 0.05) is 0 Å². The van der Waals surface area contributed by atoms with E-state index in [0.29, 0.717) is 18.3 Å². The normalized spacial score (nSPS) is 21.0. The van der Waals surface area contributed by atoms with Crippen molar-refractivity contribution in [3.8, 4) is 5.75 Å². The number of unbranched alkanes of at least 4 members (excludes halogenated alkanes) is 4. The number of ether oxygens (including phenoxy) is 1. The zero-order valence-corrected chi connectivity index (χ0v) is 15.7. The third kappa shape index (κ3) is 6.11. The molecule has 1 fully saturated rings. The van der Waals surface area contributed by atoms with Crippen LogP contribution in [0.5, 0.6) is 5.75 Å². The minimum Gasteiger partial charge on any atom is -0.491 e. The van der Waals surface area contributed by atoms with E-state index in [1.54, 1.807) is 6.07 Å². The van der Waals surface area contributed by atoms with Gasteiger partial charge in [-0.1, -0.05) is 58.4 Å². The van der Waals surface area contributed by atoms with Crippen LogP contribution in [0.1, 0.15) is 96.0 Å². The molecule has 136 valence electrons. The average molecular weight is 335 g/mol. The molecule has 1 aliphatic rings. The van der Waals surface area contributed by atoms with Gasteiger partial charge in [-0.05, 0) is 61.6 Å². The van der Waals surface area contributed by atoms with E-state index in [2.05, 4.69) is 13.0 Å². The highest BCUT2D eigenvalue weighted by molar-refractivity contribution is 5.31. The fraction of sp³-hybridized carbons (Fsp3) is 0.727. The van der Waals surface area contributed by atoms with E-state index in [1.807, 2.05) is 13.0 Å². The van der Waals surface area contributed by atoms with Gasteiger partial charge in [-0.2, -0.15) is 0 Å². The maximum atomic E-state index is 14.1. The van der Waals surface area contributed by atoms with Gasteiger partial charge in [0.05, 0.1) is 6.61 Å². The summed E-state index contributed by atoms with van der Waals surface area (Å²) >= 11 is 0. The van der Waals surface area contributed by atoms with Crippen LogP contribution in [0.25, 0.3) is 0 Å². The zero-order valence-electron chi connectivity index (χ0n) is 15.7. The maximum absolute atomic E-state index is 14.1. The van der Waals surface area contributed by atoms with E-state index in [0.717, 1.165) is 17.9 Å². The molecule has 0 aromatic heterocycles. The first-order chi connectivity index (χ1) is 11.7. The Hall–Kier alpha value is -1.05. The minimum atomic E-state index is -0.195. The molecule has 0 N–H and O–H groups in total. The van der Waals surface area contributed by atoms with Crippen LogP contribution in [0.3, 0.4) is 0 Å². The molecule has 0 radical (unpaired) electrons. The van der Waals surface area contributed by atoms with E-state index in [4.69, 9.17) is 4.74 Å². The topological polar surface area (TPSA) is 9.23 Å². The van der Waals surface area contributed by atoms with Gasteiger partial charge in [-0.15, -0.1) is 0 Å². The predicted molar refractivity (Wildman–Crippen MR) is 100 cm³/mol. The van der Waals surface area contributed by atoms with Gasteiger partial charge in [-0.3, -0.25) is 0 Å². The van der Waals surface area contributed by atoms with E-state index < -0.39 is 0 Å². The Balaban J connectivity index is 1.74. The predicted octanol–water partition coefficient (Wildman–Crippen LogP) is 7.25. The Morgan fingerprint density at radius 3 is 2.38 bits per heavy atom. The molecule has 0 amide bonds. The fourth-order valence-electron chi connectivity index (χ4n) is 3.92. The second-order valence-electron chi connectivity index (χ2n) is 7.46. The molecular weight excluding hydrogens is 299 g/mol. The van der Waals surface area contributed by atoms with Crippen molar-refractivity contribution in [3.63, 3.8) is 0 Å². The van der Waals surface area contributed by atoms with E-state index in [9.17, 15) is 4.39 Å². The number of benzene rings is 1. The molecule has 0 aliphatic heterocycles. The van der Waals surface area contributed by atoms with Crippen LogP contribution >= 0.6 is 0 Å². The molecule has 0 heterocycles. The molecule has 1 aromatic carbocycles. The van der Waals surface area contributed by atoms with Crippen molar-refractivity contribution >= 4 is 0 Å². The summed E-state index contributed by atoms with van der Waals surface area (Å²) in [7, 11) is 0. The molecule has 1 nitrogen and oxygen atoms in total. The molecular formula is C22H35FO. The molecule has 1 saturated carbocycles. The highest BCUT2D eigenvalue weighted by Gasteiger charge is 2.22. The van der Waals surface area contributed by atoms with Gasteiger partial charge < -0.3 is 4.74 Å². The van der Waals surface area contributed by atoms with Gasteiger partial charge in [0.1, 0.15) is 0 Å². The number of halogens is 1. The smallest absolute Gasteiger partial charge is 0.165 e. The Labute approximate surface area is 148 Å². The van der Waals surface area contributed by atoms with Crippen molar-refractivity contribution in [1.82, 2.24) is 0 Å². The minimum absolute atomic E-state index is 0.195. The van der Waals surface area contributed by atoms with Gasteiger partial charge in [0.25, 0.3) is 0 Å². The van der Waals surface area contributed by atoms with Crippen LogP contribution in [0.15, 0.2) is 18.2 Å². The van der Waals surface area contributed by atoms with Crippen molar-refractivity contribution in [2.24, 2.45) is 5.92 Å². The van der Waals surface area contributed by atoms with E-state index >= 15 is 0 Å². The molecule has 0 bridgehead atoms. The average Bonchev–Trinajstić information content (AvgIpc) is 2.61. The third-order valence-corrected chi connectivity index (χ3v) is 5.45. The molecule has 1 aromatic rings. The lowest BCUT2D eigenvalue weighted by Crippen LogP contribution is -2.13. The second kappa shape index (κ2) is 10.7. The van der Waals surface area contributed by atoms with Crippen LogP contribution in [0.4, 0.5) is 4.39 Å². The van der Waals surface area contributed by atoms with Crippen molar-refractivity contribution in [3.05, 3.63) is 29.6 Å². The van der Waals surface area contributed by atoms with Gasteiger partial charge in [-0.25, -0.2) is 4.39 Å². The van der Waals surface area contributed by atoms with Gasteiger partial charge in [0.2, 0.25) is 0 Å². The summed E-state index contributed by atoms with van der Waals surface area (Å²) in [6.07, 6.45) is 14.3. The summed E-state index contributed by atoms with van der Waals surface area (Å²) in [5.41, 5.74) is 1.16. The van der Waals surface area contributed by atoms with Crippen molar-refractivity contribution in [2.75, 3.05) is 6.61 Å². The number of rotatable bonds is 10. The van der Waals surface area contributed by atoms with E-state index in [-0.39, 0.29) is 5.82 Å². The lowest BCUT2D eigenvalue weighted by Gasteiger charge is -2.29. The van der Waals surface area contributed by atoms with Gasteiger partial charge in [0.15, 0.2) is 11.6 Å². The molecule has 2 heteroatoms. The van der Waals surface area contributed by atoms with E-state index in [1.165, 1.54) is 64.2 Å². The first kappa shape index (κ1) is 19.3. The molecule has 2 rings (SSSR count). The summed E-state index contributed by atoms with van der Waals surface area (Å²) in [6, 6.07) is 5.60. The lowest BCUT2D eigenvalue weighted by molar-refractivity contribution is 0.295. The van der Waals surface area contributed by atoms with Crippen LogP contribution in [-0.2, 0) is 0 Å². The zero-order chi connectivity index (χ0) is 17.2. The highest BCUT2D eigenvalue weighted by Crippen LogP contribution is 2.38. The largest absolute Gasteiger partial charge is 0.491 e. The summed E-state index contributed by atoms with van der Waals surface area (Å²) in [5.74, 6) is 1.65. The second-order valence-corrected chi connectivity index (χ2v) is 7.46. The fourth-order valence-corrected chi connectivity index (χ4v) is 3.92. The molecule has 24 heavy (non-hydrogen) atoms. The highest BCUT2D eigenvalue weighted by atomic mass is 19.1.